The Morgan fingerprint density at radius 1 is 0.957 bits per heavy atom. The molecule has 7 nitrogen and oxygen atoms in total. The minimum atomic E-state index is -0.555. The van der Waals surface area contributed by atoms with E-state index < -0.39 is 11.7 Å². The number of amides is 2. The lowest BCUT2D eigenvalue weighted by Crippen LogP contribution is -2.50. The zero-order valence-corrected chi connectivity index (χ0v) is 31.3. The Morgan fingerprint density at radius 2 is 1.70 bits per heavy atom. The van der Waals surface area contributed by atoms with Crippen molar-refractivity contribution in [2.45, 2.75) is 137 Å². The van der Waals surface area contributed by atoms with Crippen LogP contribution in [0.4, 0.5) is 4.79 Å². The van der Waals surface area contributed by atoms with Gasteiger partial charge < -0.3 is 20.1 Å². The summed E-state index contributed by atoms with van der Waals surface area (Å²) in [6.45, 7) is 15.9. The number of hydrogen-bond donors (Lipinski definition) is 2. The zero-order valence-electron chi connectivity index (χ0n) is 29.7. The van der Waals surface area contributed by atoms with Crippen LogP contribution in [0, 0.1) is 40.4 Å². The molecule has 4 aliphatic carbocycles. The van der Waals surface area contributed by atoms with Gasteiger partial charge in [0.15, 0.2) is 0 Å². The summed E-state index contributed by atoms with van der Waals surface area (Å²) in [7, 11) is 2.71. The molecule has 3 saturated carbocycles. The average molecular weight is 679 g/mol. The summed E-state index contributed by atoms with van der Waals surface area (Å²) in [6.07, 6.45) is 17.4. The summed E-state index contributed by atoms with van der Waals surface area (Å²) in [5.74, 6) is 4.34. The highest BCUT2D eigenvalue weighted by molar-refractivity contribution is 8.77. The number of unbranched alkanes of at least 4 members (excludes halogenated alkanes) is 1. The normalized spacial score (nSPS) is 32.1. The Morgan fingerprint density at radius 3 is 2.43 bits per heavy atom. The van der Waals surface area contributed by atoms with Gasteiger partial charge in [-0.2, -0.15) is 0 Å². The summed E-state index contributed by atoms with van der Waals surface area (Å²) in [5.41, 5.74) is 1.77. The third-order valence-corrected chi connectivity index (χ3v) is 13.8. The Kier molecular flexibility index (Phi) is 13.3. The number of nitrogens with one attached hydrogen (secondary N) is 2. The maximum atomic E-state index is 12.7. The van der Waals surface area contributed by atoms with E-state index in [9.17, 15) is 14.4 Å². The van der Waals surface area contributed by atoms with Crippen molar-refractivity contribution >= 4 is 39.6 Å². The van der Waals surface area contributed by atoms with Crippen molar-refractivity contribution in [2.24, 2.45) is 40.4 Å². The van der Waals surface area contributed by atoms with Crippen LogP contribution in [-0.4, -0.2) is 54.3 Å². The fourth-order valence-corrected chi connectivity index (χ4v) is 11.0. The van der Waals surface area contributed by atoms with Crippen molar-refractivity contribution in [1.82, 2.24) is 10.6 Å². The fraction of sp³-hybridized carbons (Fsp3) is 0.865. The molecule has 0 radical (unpaired) electrons. The number of rotatable bonds is 14. The van der Waals surface area contributed by atoms with Crippen LogP contribution < -0.4 is 10.6 Å². The lowest BCUT2D eigenvalue weighted by molar-refractivity contribution is -0.148. The summed E-state index contributed by atoms with van der Waals surface area (Å²) >= 11 is 0. The zero-order chi connectivity index (χ0) is 33.5. The molecule has 0 aliphatic heterocycles. The molecule has 2 amide bonds. The molecule has 9 heteroatoms. The lowest BCUT2D eigenvalue weighted by atomic mass is 9.47. The molecule has 4 rings (SSSR count). The molecule has 1 unspecified atom stereocenters. The topological polar surface area (TPSA) is 93.7 Å². The van der Waals surface area contributed by atoms with Gasteiger partial charge in [0.1, 0.15) is 17.5 Å². The number of fused-ring (bicyclic) bond motifs is 5. The van der Waals surface area contributed by atoms with Gasteiger partial charge in [-0.25, -0.2) is 4.79 Å². The van der Waals surface area contributed by atoms with Crippen molar-refractivity contribution in [3.8, 4) is 0 Å². The highest BCUT2D eigenvalue weighted by Gasteiger charge is 2.58. The molecule has 0 spiro atoms. The molecule has 0 aromatic carbocycles. The molecule has 0 bridgehead atoms. The van der Waals surface area contributed by atoms with Crippen molar-refractivity contribution in [2.75, 3.05) is 24.6 Å². The summed E-state index contributed by atoms with van der Waals surface area (Å²) in [5, 5.41) is 5.39. The van der Waals surface area contributed by atoms with E-state index >= 15 is 0 Å². The maximum Gasteiger partial charge on any atom is 0.407 e. The van der Waals surface area contributed by atoms with E-state index in [2.05, 4.69) is 44.4 Å². The molecule has 46 heavy (non-hydrogen) atoms. The molecule has 0 aromatic heterocycles. The third-order valence-electron chi connectivity index (χ3n) is 11.7. The molecule has 0 aromatic rings. The molecular weight excluding hydrogens is 617 g/mol. The van der Waals surface area contributed by atoms with E-state index in [1.165, 1.54) is 79.4 Å². The van der Waals surface area contributed by atoms with E-state index in [-0.39, 0.29) is 34.9 Å². The summed E-state index contributed by atoms with van der Waals surface area (Å²) in [4.78, 5) is 36.5. The average Bonchev–Trinajstić information content (AvgIpc) is 3.31. The first-order chi connectivity index (χ1) is 21.7. The van der Waals surface area contributed by atoms with Gasteiger partial charge in [0.25, 0.3) is 0 Å². The molecule has 3 fully saturated rings. The SMILES string of the molecule is CC(C)CCCC[C@H]1CC[C@H]2[C@@H]3CC=C4C[C@@H](OC(=O)CSSCC(=O)NCCNC(=O)OC(C)(C)C)CC[C@]4(C)C3CC[C@]12C. The number of carbonyl (C=O) groups is 3. The van der Waals surface area contributed by atoms with Gasteiger partial charge in [-0.1, -0.05) is 80.2 Å². The monoisotopic (exact) mass is 678 g/mol. The van der Waals surface area contributed by atoms with Crippen molar-refractivity contribution < 1.29 is 23.9 Å². The van der Waals surface area contributed by atoms with Gasteiger partial charge in [-0.05, 0) is 113 Å². The van der Waals surface area contributed by atoms with Gasteiger partial charge in [0, 0.05) is 19.5 Å². The second-order valence-corrected chi connectivity index (χ2v) is 18.9. The van der Waals surface area contributed by atoms with Gasteiger partial charge in [0.2, 0.25) is 5.91 Å². The smallest absolute Gasteiger partial charge is 0.407 e. The molecule has 262 valence electrons. The highest BCUT2D eigenvalue weighted by Crippen LogP contribution is 2.66. The van der Waals surface area contributed by atoms with E-state index in [0.717, 1.165) is 48.9 Å². The van der Waals surface area contributed by atoms with E-state index in [4.69, 9.17) is 9.47 Å². The van der Waals surface area contributed by atoms with Crippen LogP contribution in [0.1, 0.15) is 126 Å². The fourth-order valence-electron chi connectivity index (χ4n) is 9.39. The second kappa shape index (κ2) is 16.4. The number of hydrogen-bond acceptors (Lipinski definition) is 7. The highest BCUT2D eigenvalue weighted by atomic mass is 33.1. The number of alkyl carbamates (subject to hydrolysis) is 1. The molecule has 0 heterocycles. The van der Waals surface area contributed by atoms with Gasteiger partial charge in [-0.3, -0.25) is 9.59 Å². The van der Waals surface area contributed by atoms with Gasteiger partial charge >= 0.3 is 12.1 Å². The third kappa shape index (κ3) is 9.85. The van der Waals surface area contributed by atoms with E-state index in [0.29, 0.717) is 18.5 Å². The van der Waals surface area contributed by atoms with Crippen molar-refractivity contribution in [3.05, 3.63) is 11.6 Å². The Labute approximate surface area is 287 Å². The Balaban J connectivity index is 1.15. The maximum absolute atomic E-state index is 12.7. The van der Waals surface area contributed by atoms with Crippen LogP contribution in [0.15, 0.2) is 11.6 Å². The first-order valence-corrected chi connectivity index (χ1v) is 20.6. The first kappa shape index (κ1) is 37.5. The largest absolute Gasteiger partial charge is 0.461 e. The standard InChI is InChI=1S/C37H62N2O5S2/c1-25(2)10-8-9-11-26-13-15-30-29-14-12-27-22-28(16-18-37(27,7)31(29)17-19-36(26,30)6)43-33(41)24-46-45-23-32(40)38-20-21-39-34(42)44-35(3,4)5/h12,25-26,28-31H,8-11,13-24H2,1-7H3,(H,38,40)(H,39,42)/t26-,28-,29-,30-,31?,36+,37-/m0/s1. The van der Waals surface area contributed by atoms with Crippen LogP contribution in [0.25, 0.3) is 0 Å². The van der Waals surface area contributed by atoms with Crippen LogP contribution in [0.5, 0.6) is 0 Å². The molecule has 7 atom stereocenters. The van der Waals surface area contributed by atoms with Gasteiger partial charge in [0.05, 0.1) is 5.75 Å². The predicted octanol–water partition coefficient (Wildman–Crippen LogP) is 8.72. The number of allylic oxidation sites excluding steroid dienone is 1. The van der Waals surface area contributed by atoms with Gasteiger partial charge in [-0.15, -0.1) is 0 Å². The summed E-state index contributed by atoms with van der Waals surface area (Å²) < 4.78 is 11.1. The molecule has 4 aliphatic rings. The van der Waals surface area contributed by atoms with Crippen LogP contribution in [0.2, 0.25) is 0 Å². The van der Waals surface area contributed by atoms with Crippen LogP contribution >= 0.6 is 21.6 Å². The number of carbonyl (C=O) groups excluding carboxylic acids is 3. The Bertz CT molecular complexity index is 1090. The molecule has 0 saturated heterocycles. The Hall–Kier alpha value is -1.35. The van der Waals surface area contributed by atoms with Crippen molar-refractivity contribution in [1.29, 1.82) is 0 Å². The van der Waals surface area contributed by atoms with E-state index in [1.807, 2.05) is 0 Å². The second-order valence-electron chi connectivity index (χ2n) is 16.4. The number of esters is 1. The van der Waals surface area contributed by atoms with Crippen molar-refractivity contribution in [3.63, 3.8) is 0 Å². The van der Waals surface area contributed by atoms with Crippen LogP contribution in [0.3, 0.4) is 0 Å². The quantitative estimate of drug-likeness (QED) is 0.0822. The minimum absolute atomic E-state index is 0.0368. The van der Waals surface area contributed by atoms with E-state index in [1.54, 1.807) is 26.3 Å². The molecule has 2 N–H and O–H groups in total. The van der Waals surface area contributed by atoms with Crippen LogP contribution in [-0.2, 0) is 19.1 Å². The minimum Gasteiger partial charge on any atom is -0.461 e. The number of ether oxygens (including phenoxy) is 2. The summed E-state index contributed by atoms with van der Waals surface area (Å²) in [6, 6.07) is 0. The lowest BCUT2D eigenvalue weighted by Gasteiger charge is -2.58. The predicted molar refractivity (Wildman–Crippen MR) is 191 cm³/mol. The first-order valence-electron chi connectivity index (χ1n) is 18.1. The molecular formula is C37H62N2O5S2.